The van der Waals surface area contributed by atoms with Crippen molar-refractivity contribution in [3.8, 4) is 0 Å². The molecule has 0 bridgehead atoms. The van der Waals surface area contributed by atoms with Crippen molar-refractivity contribution < 1.29 is 17.9 Å². The van der Waals surface area contributed by atoms with Gasteiger partial charge in [-0.3, -0.25) is 4.79 Å². The van der Waals surface area contributed by atoms with Crippen molar-refractivity contribution in [1.82, 2.24) is 15.3 Å². The van der Waals surface area contributed by atoms with E-state index in [2.05, 4.69) is 15.3 Å². The van der Waals surface area contributed by atoms with Crippen LogP contribution in [-0.2, 0) is 14.6 Å². The van der Waals surface area contributed by atoms with Gasteiger partial charge in [0.1, 0.15) is 0 Å². The van der Waals surface area contributed by atoms with Crippen LogP contribution >= 0.6 is 0 Å². The molecule has 0 spiro atoms. The number of rotatable bonds is 3. The molecule has 3 heterocycles. The summed E-state index contributed by atoms with van der Waals surface area (Å²) in [4.78, 5) is 22.5. The van der Waals surface area contributed by atoms with Crippen molar-refractivity contribution in [1.29, 1.82) is 0 Å². The first-order valence-electron chi connectivity index (χ1n) is 7.19. The Balaban J connectivity index is 1.61. The Kier molecular flexibility index (Phi) is 4.25. The molecule has 120 valence electrons. The third kappa shape index (κ3) is 3.53. The molecule has 2 saturated heterocycles. The van der Waals surface area contributed by atoms with Gasteiger partial charge in [-0.05, 0) is 6.42 Å². The fraction of sp³-hybridized carbons (Fsp3) is 0.615. The summed E-state index contributed by atoms with van der Waals surface area (Å²) in [7, 11) is -3.01. The fourth-order valence-electron chi connectivity index (χ4n) is 2.54. The highest BCUT2D eigenvalue weighted by molar-refractivity contribution is 7.91. The van der Waals surface area contributed by atoms with Crippen LogP contribution in [0.1, 0.15) is 16.8 Å². The van der Waals surface area contributed by atoms with Gasteiger partial charge in [0.25, 0.3) is 5.91 Å². The number of aromatic nitrogens is 2. The van der Waals surface area contributed by atoms with Crippen molar-refractivity contribution in [2.45, 2.75) is 12.5 Å². The highest BCUT2D eigenvalue weighted by Gasteiger charge is 2.29. The third-order valence-corrected chi connectivity index (χ3v) is 5.53. The second kappa shape index (κ2) is 6.17. The Morgan fingerprint density at radius 2 is 1.95 bits per heavy atom. The number of sulfone groups is 1. The molecule has 1 atom stereocenters. The maximum atomic E-state index is 12.1. The molecule has 1 N–H and O–H groups in total. The lowest BCUT2D eigenvalue weighted by atomic mass is 10.2. The Labute approximate surface area is 128 Å². The van der Waals surface area contributed by atoms with E-state index in [0.717, 1.165) is 13.1 Å². The minimum absolute atomic E-state index is 0.00542. The van der Waals surface area contributed by atoms with Gasteiger partial charge in [0.15, 0.2) is 9.84 Å². The number of morpholine rings is 1. The number of ether oxygens (including phenoxy) is 1. The van der Waals surface area contributed by atoms with Gasteiger partial charge < -0.3 is 15.0 Å². The summed E-state index contributed by atoms with van der Waals surface area (Å²) in [6, 6.07) is -0.323. The van der Waals surface area contributed by atoms with Gasteiger partial charge >= 0.3 is 0 Å². The molecule has 0 aromatic carbocycles. The van der Waals surface area contributed by atoms with E-state index < -0.39 is 9.84 Å². The molecule has 8 nitrogen and oxygen atoms in total. The summed E-state index contributed by atoms with van der Waals surface area (Å²) in [6.07, 6.45) is 3.40. The zero-order valence-corrected chi connectivity index (χ0v) is 12.9. The highest BCUT2D eigenvalue weighted by atomic mass is 32.2. The van der Waals surface area contributed by atoms with Gasteiger partial charge in [-0.15, -0.1) is 0 Å². The number of nitrogens with one attached hydrogen (secondary N) is 1. The molecule has 1 aromatic rings. The van der Waals surface area contributed by atoms with E-state index in [0.29, 0.717) is 31.1 Å². The maximum absolute atomic E-state index is 12.1. The van der Waals surface area contributed by atoms with E-state index >= 15 is 0 Å². The fourth-order valence-corrected chi connectivity index (χ4v) is 4.22. The normalized spacial score (nSPS) is 24.2. The van der Waals surface area contributed by atoms with Crippen molar-refractivity contribution in [3.63, 3.8) is 0 Å². The molecule has 2 aliphatic heterocycles. The molecule has 2 aliphatic rings. The standard InChI is InChI=1S/C13H18N4O4S/c18-12(16-11-1-6-22(19,20)9-11)10-7-14-13(15-8-10)17-2-4-21-5-3-17/h7-8,11H,1-6,9H2,(H,16,18). The predicted octanol–water partition coefficient (Wildman–Crippen LogP) is -0.770. The third-order valence-electron chi connectivity index (χ3n) is 3.76. The van der Waals surface area contributed by atoms with Crippen LogP contribution in [0, 0.1) is 0 Å². The zero-order chi connectivity index (χ0) is 15.6. The van der Waals surface area contributed by atoms with E-state index in [9.17, 15) is 13.2 Å². The van der Waals surface area contributed by atoms with Crippen LogP contribution in [0.4, 0.5) is 5.95 Å². The molecule has 2 fully saturated rings. The van der Waals surface area contributed by atoms with Crippen LogP contribution < -0.4 is 10.2 Å². The average molecular weight is 326 g/mol. The molecule has 22 heavy (non-hydrogen) atoms. The highest BCUT2D eigenvalue weighted by Crippen LogP contribution is 2.13. The molecule has 3 rings (SSSR count). The van der Waals surface area contributed by atoms with Gasteiger partial charge in [-0.25, -0.2) is 18.4 Å². The van der Waals surface area contributed by atoms with Crippen molar-refractivity contribution >= 4 is 21.7 Å². The summed E-state index contributed by atoms with van der Waals surface area (Å²) in [5.74, 6) is 0.370. The molecule has 0 aliphatic carbocycles. The average Bonchev–Trinajstić information content (AvgIpc) is 2.87. The number of carbonyl (C=O) groups excluding carboxylic acids is 1. The minimum Gasteiger partial charge on any atom is -0.378 e. The summed E-state index contributed by atoms with van der Waals surface area (Å²) in [6.45, 7) is 2.74. The number of amides is 1. The molecular weight excluding hydrogens is 308 g/mol. The Morgan fingerprint density at radius 1 is 1.27 bits per heavy atom. The summed E-state index contributed by atoms with van der Waals surface area (Å²) < 4.78 is 28.0. The SMILES string of the molecule is O=C(NC1CCS(=O)(=O)C1)c1cnc(N2CCOCC2)nc1. The van der Waals surface area contributed by atoms with Crippen LogP contribution in [-0.4, -0.2) is 68.1 Å². The number of hydrogen-bond donors (Lipinski definition) is 1. The van der Waals surface area contributed by atoms with Gasteiger partial charge in [-0.1, -0.05) is 0 Å². The van der Waals surface area contributed by atoms with E-state index in [4.69, 9.17) is 4.74 Å². The van der Waals surface area contributed by atoms with Crippen LogP contribution in [0.2, 0.25) is 0 Å². The Bertz CT molecular complexity index is 641. The van der Waals surface area contributed by atoms with Crippen LogP contribution in [0.15, 0.2) is 12.4 Å². The summed E-state index contributed by atoms with van der Waals surface area (Å²) in [5, 5.41) is 2.72. The van der Waals surface area contributed by atoms with E-state index in [-0.39, 0.29) is 23.5 Å². The van der Waals surface area contributed by atoms with E-state index in [1.165, 1.54) is 12.4 Å². The van der Waals surface area contributed by atoms with Crippen LogP contribution in [0.25, 0.3) is 0 Å². The quantitative estimate of drug-likeness (QED) is 0.778. The first kappa shape index (κ1) is 15.2. The number of hydrogen-bond acceptors (Lipinski definition) is 7. The van der Waals surface area contributed by atoms with Gasteiger partial charge in [0.2, 0.25) is 5.95 Å². The van der Waals surface area contributed by atoms with Crippen molar-refractivity contribution in [2.75, 3.05) is 42.7 Å². The minimum atomic E-state index is -3.01. The van der Waals surface area contributed by atoms with Crippen LogP contribution in [0.5, 0.6) is 0 Å². The molecule has 1 amide bonds. The lowest BCUT2D eigenvalue weighted by molar-refractivity contribution is 0.0940. The Hall–Kier alpha value is -1.74. The summed E-state index contributed by atoms with van der Waals surface area (Å²) >= 11 is 0. The van der Waals surface area contributed by atoms with Crippen LogP contribution in [0.3, 0.4) is 0 Å². The van der Waals surface area contributed by atoms with E-state index in [1.807, 2.05) is 4.90 Å². The van der Waals surface area contributed by atoms with Gasteiger partial charge in [-0.2, -0.15) is 0 Å². The number of carbonyl (C=O) groups is 1. The summed E-state index contributed by atoms with van der Waals surface area (Å²) in [5.41, 5.74) is 0.335. The largest absolute Gasteiger partial charge is 0.378 e. The molecule has 1 unspecified atom stereocenters. The second-order valence-electron chi connectivity index (χ2n) is 5.44. The topological polar surface area (TPSA) is 101 Å². The Morgan fingerprint density at radius 3 is 2.55 bits per heavy atom. The van der Waals surface area contributed by atoms with Crippen molar-refractivity contribution in [3.05, 3.63) is 18.0 Å². The monoisotopic (exact) mass is 326 g/mol. The maximum Gasteiger partial charge on any atom is 0.254 e. The molecule has 9 heteroatoms. The zero-order valence-electron chi connectivity index (χ0n) is 12.1. The lowest BCUT2D eigenvalue weighted by Crippen LogP contribution is -2.38. The molecule has 0 saturated carbocycles. The molecule has 0 radical (unpaired) electrons. The second-order valence-corrected chi connectivity index (χ2v) is 7.67. The van der Waals surface area contributed by atoms with E-state index in [1.54, 1.807) is 0 Å². The number of nitrogens with zero attached hydrogens (tertiary/aromatic N) is 3. The first-order valence-corrected chi connectivity index (χ1v) is 9.02. The van der Waals surface area contributed by atoms with Gasteiger partial charge in [0, 0.05) is 31.5 Å². The number of anilines is 1. The first-order chi connectivity index (χ1) is 10.5. The molecular formula is C13H18N4O4S. The smallest absolute Gasteiger partial charge is 0.254 e. The predicted molar refractivity (Wildman–Crippen MR) is 79.6 cm³/mol. The lowest BCUT2D eigenvalue weighted by Gasteiger charge is -2.26. The van der Waals surface area contributed by atoms with Crippen molar-refractivity contribution in [2.24, 2.45) is 0 Å². The van der Waals surface area contributed by atoms with Gasteiger partial charge in [0.05, 0.1) is 30.3 Å². The molecule has 1 aromatic heterocycles.